The van der Waals surface area contributed by atoms with Gasteiger partial charge >= 0.3 is 0 Å². The molecule has 5 rings (SSSR count). The number of imidazole rings is 1. The van der Waals surface area contributed by atoms with Gasteiger partial charge < -0.3 is 4.90 Å². The van der Waals surface area contributed by atoms with Gasteiger partial charge in [-0.05, 0) is 43.0 Å². The zero-order chi connectivity index (χ0) is 19.1. The second kappa shape index (κ2) is 6.74. The van der Waals surface area contributed by atoms with Crippen molar-refractivity contribution in [2.75, 3.05) is 18.0 Å². The highest BCUT2D eigenvalue weighted by Crippen LogP contribution is 2.25. The molecule has 1 aromatic carbocycles. The van der Waals surface area contributed by atoms with E-state index in [4.69, 9.17) is 4.98 Å². The van der Waals surface area contributed by atoms with Crippen molar-refractivity contribution in [1.82, 2.24) is 24.1 Å². The Bertz CT molecular complexity index is 1200. The lowest BCUT2D eigenvalue weighted by molar-refractivity contribution is 0.349. The molecule has 0 unspecified atom stereocenters. The molecule has 0 bridgehead atoms. The van der Waals surface area contributed by atoms with Crippen LogP contribution in [0.1, 0.15) is 12.8 Å². The fourth-order valence-corrected chi connectivity index (χ4v) is 4.12. The lowest BCUT2D eigenvalue weighted by atomic mass is 9.97. The lowest BCUT2D eigenvalue weighted by Gasteiger charge is -2.32. The topological polar surface area (TPSA) is 68.8 Å². The van der Waals surface area contributed by atoms with Gasteiger partial charge in [0.1, 0.15) is 5.52 Å². The Hall–Kier alpha value is -3.22. The van der Waals surface area contributed by atoms with E-state index in [1.807, 2.05) is 43.4 Å². The molecular weight excluding hydrogens is 352 g/mol. The molecule has 142 valence electrons. The number of fused-ring (bicyclic) bond motifs is 2. The van der Waals surface area contributed by atoms with Crippen LogP contribution in [0.25, 0.3) is 22.1 Å². The molecule has 0 aliphatic carbocycles. The SMILES string of the molecule is Cn1c(N2CCC(Cn3cnc4ccccc4c3=O)CC2)nc2cccnc21. The zero-order valence-corrected chi connectivity index (χ0v) is 15.8. The number of hydrogen-bond donors (Lipinski definition) is 0. The van der Waals surface area contributed by atoms with E-state index in [0.29, 0.717) is 17.8 Å². The lowest BCUT2D eigenvalue weighted by Crippen LogP contribution is -2.37. The predicted octanol–water partition coefficient (Wildman–Crippen LogP) is 2.59. The van der Waals surface area contributed by atoms with Gasteiger partial charge in [-0.1, -0.05) is 12.1 Å². The quantitative estimate of drug-likeness (QED) is 0.551. The molecule has 1 saturated heterocycles. The monoisotopic (exact) mass is 374 g/mol. The van der Waals surface area contributed by atoms with Crippen LogP contribution in [0.4, 0.5) is 5.95 Å². The number of anilines is 1. The van der Waals surface area contributed by atoms with Gasteiger partial charge in [-0.25, -0.2) is 15.0 Å². The molecule has 0 saturated carbocycles. The van der Waals surface area contributed by atoms with Crippen LogP contribution >= 0.6 is 0 Å². The molecule has 0 spiro atoms. The number of rotatable bonds is 3. The molecule has 28 heavy (non-hydrogen) atoms. The van der Waals surface area contributed by atoms with Crippen LogP contribution in [-0.2, 0) is 13.6 Å². The minimum Gasteiger partial charge on any atom is -0.342 e. The molecule has 3 aromatic heterocycles. The molecule has 0 radical (unpaired) electrons. The first-order valence-electron chi connectivity index (χ1n) is 9.67. The van der Waals surface area contributed by atoms with E-state index < -0.39 is 0 Å². The number of para-hydroxylation sites is 1. The normalized spacial score (nSPS) is 15.5. The molecule has 0 N–H and O–H groups in total. The first kappa shape index (κ1) is 16.9. The van der Waals surface area contributed by atoms with Crippen LogP contribution < -0.4 is 10.5 Å². The van der Waals surface area contributed by atoms with E-state index in [9.17, 15) is 4.79 Å². The molecule has 1 aliphatic rings. The predicted molar refractivity (Wildman–Crippen MR) is 109 cm³/mol. The van der Waals surface area contributed by atoms with Crippen LogP contribution in [0.2, 0.25) is 0 Å². The molecule has 0 amide bonds. The summed E-state index contributed by atoms with van der Waals surface area (Å²) in [6.45, 7) is 2.57. The fourth-order valence-electron chi connectivity index (χ4n) is 4.12. The Morgan fingerprint density at radius 1 is 1.04 bits per heavy atom. The van der Waals surface area contributed by atoms with E-state index >= 15 is 0 Å². The van der Waals surface area contributed by atoms with Crippen molar-refractivity contribution in [3.05, 3.63) is 59.3 Å². The maximum absolute atomic E-state index is 12.7. The summed E-state index contributed by atoms with van der Waals surface area (Å²) >= 11 is 0. The zero-order valence-electron chi connectivity index (χ0n) is 15.8. The van der Waals surface area contributed by atoms with E-state index in [0.717, 1.165) is 48.6 Å². The summed E-state index contributed by atoms with van der Waals surface area (Å²) in [7, 11) is 2.02. The Balaban J connectivity index is 1.31. The van der Waals surface area contributed by atoms with Gasteiger partial charge in [-0.15, -0.1) is 0 Å². The standard InChI is InChI=1S/C21H22N6O/c1-25-19-18(7-4-10-22-19)24-21(25)26-11-8-15(9-12-26)13-27-14-23-17-6-3-2-5-16(17)20(27)28/h2-7,10,14-15H,8-9,11-13H2,1H3. The van der Waals surface area contributed by atoms with Gasteiger partial charge in [0.15, 0.2) is 5.65 Å². The molecule has 1 aliphatic heterocycles. The van der Waals surface area contributed by atoms with Crippen LogP contribution in [-0.4, -0.2) is 37.2 Å². The van der Waals surface area contributed by atoms with Gasteiger partial charge in [0.25, 0.3) is 5.56 Å². The molecule has 4 heterocycles. The van der Waals surface area contributed by atoms with Crippen molar-refractivity contribution in [2.24, 2.45) is 13.0 Å². The number of aromatic nitrogens is 5. The average Bonchev–Trinajstić information content (AvgIpc) is 3.08. The summed E-state index contributed by atoms with van der Waals surface area (Å²) < 4.78 is 3.83. The van der Waals surface area contributed by atoms with Crippen molar-refractivity contribution in [3.8, 4) is 0 Å². The summed E-state index contributed by atoms with van der Waals surface area (Å²) in [5.74, 6) is 1.43. The molecule has 7 heteroatoms. The van der Waals surface area contributed by atoms with Gasteiger partial charge in [0.05, 0.1) is 17.2 Å². The summed E-state index contributed by atoms with van der Waals surface area (Å²) in [4.78, 5) is 28.7. The third-order valence-electron chi connectivity index (χ3n) is 5.69. The van der Waals surface area contributed by atoms with E-state index in [2.05, 4.69) is 19.4 Å². The summed E-state index contributed by atoms with van der Waals surface area (Å²) in [5.41, 5.74) is 2.65. The van der Waals surface area contributed by atoms with Crippen LogP contribution in [0.3, 0.4) is 0 Å². The van der Waals surface area contributed by atoms with Crippen molar-refractivity contribution in [3.63, 3.8) is 0 Å². The minimum atomic E-state index is 0.0504. The Kier molecular flexibility index (Phi) is 4.07. The summed E-state index contributed by atoms with van der Waals surface area (Å²) in [5, 5.41) is 0.689. The first-order chi connectivity index (χ1) is 13.7. The molecular formula is C21H22N6O. The largest absolute Gasteiger partial charge is 0.342 e. The van der Waals surface area contributed by atoms with Crippen LogP contribution in [0.15, 0.2) is 53.7 Å². The Morgan fingerprint density at radius 3 is 2.64 bits per heavy atom. The second-order valence-electron chi connectivity index (χ2n) is 7.47. The van der Waals surface area contributed by atoms with E-state index in [1.54, 1.807) is 17.1 Å². The van der Waals surface area contributed by atoms with E-state index in [1.165, 1.54) is 0 Å². The molecule has 7 nitrogen and oxygen atoms in total. The van der Waals surface area contributed by atoms with Crippen molar-refractivity contribution in [2.45, 2.75) is 19.4 Å². The average molecular weight is 374 g/mol. The molecule has 0 atom stereocenters. The number of benzene rings is 1. The van der Waals surface area contributed by atoms with Crippen LogP contribution in [0.5, 0.6) is 0 Å². The van der Waals surface area contributed by atoms with Crippen molar-refractivity contribution >= 4 is 28.0 Å². The minimum absolute atomic E-state index is 0.0504. The van der Waals surface area contributed by atoms with E-state index in [-0.39, 0.29) is 5.56 Å². The number of aryl methyl sites for hydroxylation is 1. The highest BCUT2D eigenvalue weighted by molar-refractivity contribution is 5.77. The molecule has 4 aromatic rings. The number of piperidine rings is 1. The van der Waals surface area contributed by atoms with Gasteiger partial charge in [0, 0.05) is 32.9 Å². The second-order valence-corrected chi connectivity index (χ2v) is 7.47. The third kappa shape index (κ3) is 2.83. The Labute approximate surface area is 162 Å². The number of hydrogen-bond acceptors (Lipinski definition) is 5. The number of nitrogens with zero attached hydrogens (tertiary/aromatic N) is 6. The van der Waals surface area contributed by atoms with Gasteiger partial charge in [0.2, 0.25) is 5.95 Å². The maximum Gasteiger partial charge on any atom is 0.261 e. The number of pyridine rings is 1. The highest BCUT2D eigenvalue weighted by Gasteiger charge is 2.23. The first-order valence-corrected chi connectivity index (χ1v) is 9.67. The third-order valence-corrected chi connectivity index (χ3v) is 5.69. The highest BCUT2D eigenvalue weighted by atomic mass is 16.1. The summed E-state index contributed by atoms with van der Waals surface area (Å²) in [6, 6.07) is 11.4. The van der Waals surface area contributed by atoms with Crippen molar-refractivity contribution in [1.29, 1.82) is 0 Å². The van der Waals surface area contributed by atoms with Gasteiger partial charge in [-0.3, -0.25) is 13.9 Å². The van der Waals surface area contributed by atoms with Crippen LogP contribution in [0, 0.1) is 5.92 Å². The maximum atomic E-state index is 12.7. The smallest absolute Gasteiger partial charge is 0.261 e. The van der Waals surface area contributed by atoms with Gasteiger partial charge in [-0.2, -0.15) is 0 Å². The molecule has 1 fully saturated rings. The van der Waals surface area contributed by atoms with Crippen molar-refractivity contribution < 1.29 is 0 Å². The Morgan fingerprint density at radius 2 is 1.82 bits per heavy atom. The summed E-state index contributed by atoms with van der Waals surface area (Å²) in [6.07, 6.45) is 5.54. The fraction of sp³-hybridized carbons (Fsp3) is 0.333.